The zero-order valence-electron chi connectivity index (χ0n) is 13.2. The van der Waals surface area contributed by atoms with E-state index in [1.165, 1.54) is 0 Å². The van der Waals surface area contributed by atoms with Crippen LogP contribution >= 0.6 is 0 Å². The molecule has 0 aromatic rings. The normalized spacial score (nSPS) is 29.4. The molecule has 2 heterocycles. The summed E-state index contributed by atoms with van der Waals surface area (Å²) in [4.78, 5) is 0. The van der Waals surface area contributed by atoms with E-state index in [0.717, 1.165) is 52.3 Å². The quantitative estimate of drug-likeness (QED) is 0.687. The average Bonchev–Trinajstić information content (AvgIpc) is 2.42. The summed E-state index contributed by atoms with van der Waals surface area (Å²) >= 11 is 0. The Hall–Kier alpha value is -0.160. The second-order valence-electron chi connectivity index (χ2n) is 6.45. The Morgan fingerprint density at radius 3 is 2.40 bits per heavy atom. The first kappa shape index (κ1) is 16.2. The maximum absolute atomic E-state index is 5.99. The Bertz CT molecular complexity index is 263. The van der Waals surface area contributed by atoms with E-state index in [0.29, 0.717) is 24.0 Å². The Balaban J connectivity index is 1.57. The standard InChI is InChI=1S/C16H30O4/c1-12(2)18-10-15-11-20-16(15)8-13(3)19-9-14-4-6-17-7-5-14/h12-16H,4-11H2,1-3H3. The fraction of sp³-hybridized carbons (Fsp3) is 1.00. The highest BCUT2D eigenvalue weighted by atomic mass is 16.5. The SMILES string of the molecule is CC(C)OCC1COC1CC(C)OCC1CCOCC1. The van der Waals surface area contributed by atoms with Crippen molar-refractivity contribution in [2.24, 2.45) is 11.8 Å². The predicted molar refractivity (Wildman–Crippen MR) is 77.9 cm³/mol. The van der Waals surface area contributed by atoms with Gasteiger partial charge in [-0.3, -0.25) is 0 Å². The molecule has 2 aliphatic heterocycles. The molecule has 0 aromatic heterocycles. The summed E-state index contributed by atoms with van der Waals surface area (Å²) in [5.41, 5.74) is 0. The molecule has 0 aromatic carbocycles. The minimum atomic E-state index is 0.268. The van der Waals surface area contributed by atoms with E-state index in [-0.39, 0.29) is 6.10 Å². The molecule has 0 bridgehead atoms. The third-order valence-corrected chi connectivity index (χ3v) is 4.22. The van der Waals surface area contributed by atoms with Crippen LogP contribution in [0.25, 0.3) is 0 Å². The van der Waals surface area contributed by atoms with Crippen LogP contribution in [-0.2, 0) is 18.9 Å². The molecule has 0 radical (unpaired) electrons. The highest BCUT2D eigenvalue weighted by Crippen LogP contribution is 2.26. The van der Waals surface area contributed by atoms with Crippen LogP contribution in [0.1, 0.15) is 40.0 Å². The summed E-state index contributed by atoms with van der Waals surface area (Å²) in [5.74, 6) is 1.22. The molecule has 3 unspecified atom stereocenters. The van der Waals surface area contributed by atoms with Crippen molar-refractivity contribution in [1.82, 2.24) is 0 Å². The van der Waals surface area contributed by atoms with E-state index < -0.39 is 0 Å². The van der Waals surface area contributed by atoms with E-state index in [9.17, 15) is 0 Å². The summed E-state index contributed by atoms with van der Waals surface area (Å²) < 4.78 is 22.7. The van der Waals surface area contributed by atoms with Gasteiger partial charge in [-0.2, -0.15) is 0 Å². The van der Waals surface area contributed by atoms with Crippen molar-refractivity contribution < 1.29 is 18.9 Å². The van der Waals surface area contributed by atoms with Crippen molar-refractivity contribution in [2.75, 3.05) is 33.0 Å². The summed E-state index contributed by atoms with van der Waals surface area (Å²) in [6.45, 7) is 10.6. The molecule has 118 valence electrons. The number of hydrogen-bond donors (Lipinski definition) is 0. The maximum atomic E-state index is 5.99. The van der Waals surface area contributed by atoms with Gasteiger partial charge >= 0.3 is 0 Å². The monoisotopic (exact) mass is 286 g/mol. The van der Waals surface area contributed by atoms with Gasteiger partial charge in [-0.25, -0.2) is 0 Å². The van der Waals surface area contributed by atoms with Gasteiger partial charge < -0.3 is 18.9 Å². The van der Waals surface area contributed by atoms with Gasteiger partial charge in [0.2, 0.25) is 0 Å². The summed E-state index contributed by atoms with van der Waals surface area (Å²) in [7, 11) is 0. The Morgan fingerprint density at radius 1 is 1.05 bits per heavy atom. The second kappa shape index (κ2) is 8.32. The van der Waals surface area contributed by atoms with Crippen LogP contribution in [0.3, 0.4) is 0 Å². The van der Waals surface area contributed by atoms with E-state index in [1.54, 1.807) is 0 Å². The predicted octanol–water partition coefficient (Wildman–Crippen LogP) is 2.65. The van der Waals surface area contributed by atoms with Gasteiger partial charge in [0, 0.05) is 25.7 Å². The molecule has 0 aliphatic carbocycles. The Labute approximate surface area is 123 Å². The molecule has 2 fully saturated rings. The molecular formula is C16H30O4. The van der Waals surface area contributed by atoms with Gasteiger partial charge in [0.25, 0.3) is 0 Å². The van der Waals surface area contributed by atoms with Crippen molar-refractivity contribution >= 4 is 0 Å². The minimum absolute atomic E-state index is 0.268. The topological polar surface area (TPSA) is 36.9 Å². The zero-order chi connectivity index (χ0) is 14.4. The van der Waals surface area contributed by atoms with E-state index in [1.807, 2.05) is 0 Å². The van der Waals surface area contributed by atoms with Crippen LogP contribution < -0.4 is 0 Å². The molecule has 4 nitrogen and oxygen atoms in total. The molecule has 3 atom stereocenters. The Morgan fingerprint density at radius 2 is 1.80 bits per heavy atom. The molecular weight excluding hydrogens is 256 g/mol. The third kappa shape index (κ3) is 5.32. The van der Waals surface area contributed by atoms with Crippen LogP contribution in [0.15, 0.2) is 0 Å². The van der Waals surface area contributed by atoms with Gasteiger partial charge in [-0.1, -0.05) is 0 Å². The number of hydrogen-bond acceptors (Lipinski definition) is 4. The van der Waals surface area contributed by atoms with Crippen LogP contribution in [0, 0.1) is 11.8 Å². The minimum Gasteiger partial charge on any atom is -0.381 e. The number of ether oxygens (including phenoxy) is 4. The summed E-state index contributed by atoms with van der Waals surface area (Å²) in [5, 5.41) is 0. The lowest BCUT2D eigenvalue weighted by atomic mass is 9.94. The lowest BCUT2D eigenvalue weighted by Gasteiger charge is -2.38. The van der Waals surface area contributed by atoms with Gasteiger partial charge in [-0.15, -0.1) is 0 Å². The molecule has 0 N–H and O–H groups in total. The van der Waals surface area contributed by atoms with Crippen LogP contribution in [0.2, 0.25) is 0 Å². The average molecular weight is 286 g/mol. The first-order chi connectivity index (χ1) is 9.65. The fourth-order valence-corrected chi connectivity index (χ4v) is 2.71. The molecule has 4 heteroatoms. The molecule has 2 saturated heterocycles. The largest absolute Gasteiger partial charge is 0.381 e. The lowest BCUT2D eigenvalue weighted by molar-refractivity contribution is -0.162. The molecule has 20 heavy (non-hydrogen) atoms. The molecule has 2 aliphatic rings. The highest BCUT2D eigenvalue weighted by molar-refractivity contribution is 4.80. The van der Waals surface area contributed by atoms with Crippen molar-refractivity contribution in [1.29, 1.82) is 0 Å². The van der Waals surface area contributed by atoms with Crippen LogP contribution in [0.5, 0.6) is 0 Å². The summed E-state index contributed by atoms with van der Waals surface area (Å²) in [6, 6.07) is 0. The first-order valence-electron chi connectivity index (χ1n) is 8.07. The zero-order valence-corrected chi connectivity index (χ0v) is 13.2. The van der Waals surface area contributed by atoms with Gasteiger partial charge in [0.05, 0.1) is 31.5 Å². The molecule has 2 rings (SSSR count). The maximum Gasteiger partial charge on any atom is 0.0672 e. The first-order valence-corrected chi connectivity index (χ1v) is 8.07. The van der Waals surface area contributed by atoms with E-state index >= 15 is 0 Å². The van der Waals surface area contributed by atoms with Crippen molar-refractivity contribution in [3.8, 4) is 0 Å². The van der Waals surface area contributed by atoms with E-state index in [2.05, 4.69) is 20.8 Å². The van der Waals surface area contributed by atoms with Crippen molar-refractivity contribution in [3.05, 3.63) is 0 Å². The smallest absolute Gasteiger partial charge is 0.0672 e. The van der Waals surface area contributed by atoms with Gasteiger partial charge in [0.1, 0.15) is 0 Å². The Kier molecular flexibility index (Phi) is 6.75. The van der Waals surface area contributed by atoms with Crippen molar-refractivity contribution in [3.63, 3.8) is 0 Å². The van der Waals surface area contributed by atoms with Gasteiger partial charge in [0.15, 0.2) is 0 Å². The van der Waals surface area contributed by atoms with Gasteiger partial charge in [-0.05, 0) is 46.0 Å². The second-order valence-corrected chi connectivity index (χ2v) is 6.45. The van der Waals surface area contributed by atoms with Crippen molar-refractivity contribution in [2.45, 2.75) is 58.3 Å². The van der Waals surface area contributed by atoms with Crippen LogP contribution in [-0.4, -0.2) is 51.3 Å². The lowest BCUT2D eigenvalue weighted by Crippen LogP contribution is -2.45. The third-order valence-electron chi connectivity index (χ3n) is 4.22. The van der Waals surface area contributed by atoms with Crippen LogP contribution in [0.4, 0.5) is 0 Å². The fourth-order valence-electron chi connectivity index (χ4n) is 2.71. The molecule has 0 spiro atoms. The van der Waals surface area contributed by atoms with E-state index in [4.69, 9.17) is 18.9 Å². The number of rotatable bonds is 8. The summed E-state index contributed by atoms with van der Waals surface area (Å²) in [6.07, 6.45) is 4.14. The molecule has 0 saturated carbocycles. The molecule has 0 amide bonds. The highest BCUT2D eigenvalue weighted by Gasteiger charge is 2.33.